The fraction of sp³-hybridized carbons (Fsp3) is 0.263. The number of hydrogen-bond donors (Lipinski definition) is 3. The number of sulfonamides is 1. The lowest BCUT2D eigenvalue weighted by atomic mass is 10.1. The van der Waals surface area contributed by atoms with Crippen LogP contribution in [0.2, 0.25) is 0 Å². The maximum Gasteiger partial charge on any atom is 0.241 e. The SMILES string of the molecule is C=CCNc1cc(CNC(C)C)cc(S(N)(=O)=O)c1Oc1ccccc1. The summed E-state index contributed by atoms with van der Waals surface area (Å²) < 4.78 is 30.2. The second kappa shape index (κ2) is 8.84. The average molecular weight is 375 g/mol. The predicted molar refractivity (Wildman–Crippen MR) is 105 cm³/mol. The quantitative estimate of drug-likeness (QED) is 0.585. The molecule has 2 rings (SSSR count). The van der Waals surface area contributed by atoms with Crippen molar-refractivity contribution in [2.75, 3.05) is 11.9 Å². The lowest BCUT2D eigenvalue weighted by molar-refractivity contribution is 0.468. The predicted octanol–water partition coefficient (Wildman–Crippen LogP) is 3.22. The zero-order valence-electron chi connectivity index (χ0n) is 15.0. The molecule has 0 radical (unpaired) electrons. The first-order valence-electron chi connectivity index (χ1n) is 8.32. The molecular weight excluding hydrogens is 350 g/mol. The number of primary sulfonamides is 1. The van der Waals surface area contributed by atoms with Gasteiger partial charge < -0.3 is 15.4 Å². The molecule has 0 aliphatic heterocycles. The number of hydrogen-bond acceptors (Lipinski definition) is 5. The second-order valence-electron chi connectivity index (χ2n) is 6.14. The minimum absolute atomic E-state index is 0.0593. The van der Waals surface area contributed by atoms with E-state index in [1.807, 2.05) is 38.1 Å². The van der Waals surface area contributed by atoms with E-state index in [0.717, 1.165) is 5.56 Å². The number of anilines is 1. The number of benzene rings is 2. The molecule has 4 N–H and O–H groups in total. The van der Waals surface area contributed by atoms with Gasteiger partial charge in [-0.3, -0.25) is 0 Å². The molecule has 0 saturated carbocycles. The van der Waals surface area contributed by atoms with Gasteiger partial charge in [0.05, 0.1) is 5.69 Å². The standard InChI is InChI=1S/C19H25N3O3S/c1-4-10-21-17-11-15(13-22-14(2)3)12-18(26(20,23)24)19(17)25-16-8-6-5-7-9-16/h4-9,11-12,14,21-22H,1,10,13H2,2-3H3,(H2,20,23,24). The van der Waals surface area contributed by atoms with E-state index in [4.69, 9.17) is 9.88 Å². The largest absolute Gasteiger partial charge is 0.454 e. The molecule has 0 aliphatic carbocycles. The summed E-state index contributed by atoms with van der Waals surface area (Å²) in [5.41, 5.74) is 1.33. The monoisotopic (exact) mass is 375 g/mol. The Bertz CT molecular complexity index is 850. The number of rotatable bonds is 9. The van der Waals surface area contributed by atoms with Crippen LogP contribution in [0.4, 0.5) is 5.69 Å². The van der Waals surface area contributed by atoms with Gasteiger partial charge in [-0.25, -0.2) is 13.6 Å². The van der Waals surface area contributed by atoms with Crippen LogP contribution >= 0.6 is 0 Å². The molecule has 0 spiro atoms. The highest BCUT2D eigenvalue weighted by Gasteiger charge is 2.21. The van der Waals surface area contributed by atoms with Crippen LogP contribution in [0.5, 0.6) is 11.5 Å². The molecule has 0 unspecified atom stereocenters. The van der Waals surface area contributed by atoms with Crippen molar-refractivity contribution in [3.8, 4) is 11.5 Å². The molecule has 0 aliphatic rings. The van der Waals surface area contributed by atoms with Crippen LogP contribution < -0.4 is 20.5 Å². The molecule has 0 fully saturated rings. The Labute approximate surface area is 155 Å². The van der Waals surface area contributed by atoms with Gasteiger partial charge in [-0.2, -0.15) is 0 Å². The van der Waals surface area contributed by atoms with Crippen molar-refractivity contribution in [3.05, 3.63) is 60.7 Å². The molecule has 0 bridgehead atoms. The van der Waals surface area contributed by atoms with Gasteiger partial charge >= 0.3 is 0 Å². The molecule has 0 amide bonds. The Morgan fingerprint density at radius 2 is 1.92 bits per heavy atom. The van der Waals surface area contributed by atoms with Gasteiger partial charge in [0.25, 0.3) is 0 Å². The van der Waals surface area contributed by atoms with E-state index in [2.05, 4.69) is 17.2 Å². The Hall–Kier alpha value is -2.35. The fourth-order valence-electron chi connectivity index (χ4n) is 2.32. The molecule has 0 aromatic heterocycles. The Balaban J connectivity index is 2.54. The molecule has 7 heteroatoms. The van der Waals surface area contributed by atoms with Crippen molar-refractivity contribution in [3.63, 3.8) is 0 Å². The average Bonchev–Trinajstić information content (AvgIpc) is 2.59. The van der Waals surface area contributed by atoms with Crippen LogP contribution in [-0.4, -0.2) is 21.0 Å². The molecule has 2 aromatic carbocycles. The Morgan fingerprint density at radius 1 is 1.23 bits per heavy atom. The van der Waals surface area contributed by atoms with Crippen molar-refractivity contribution in [1.82, 2.24) is 5.32 Å². The number of ether oxygens (including phenoxy) is 1. The molecular formula is C19H25N3O3S. The molecule has 0 atom stereocenters. The van der Waals surface area contributed by atoms with E-state index >= 15 is 0 Å². The van der Waals surface area contributed by atoms with Gasteiger partial charge in [0.1, 0.15) is 10.6 Å². The van der Waals surface area contributed by atoms with Crippen molar-refractivity contribution in [1.29, 1.82) is 0 Å². The van der Waals surface area contributed by atoms with Gasteiger partial charge in [0.2, 0.25) is 10.0 Å². The van der Waals surface area contributed by atoms with Gasteiger partial charge in [-0.1, -0.05) is 38.1 Å². The fourth-order valence-corrected chi connectivity index (χ4v) is 3.05. The van der Waals surface area contributed by atoms with E-state index in [-0.39, 0.29) is 16.7 Å². The summed E-state index contributed by atoms with van der Waals surface area (Å²) in [5.74, 6) is 0.695. The number of nitrogens with one attached hydrogen (secondary N) is 2. The lowest BCUT2D eigenvalue weighted by Crippen LogP contribution is -2.22. The molecule has 0 saturated heterocycles. The van der Waals surface area contributed by atoms with Crippen molar-refractivity contribution >= 4 is 15.7 Å². The molecule has 26 heavy (non-hydrogen) atoms. The topological polar surface area (TPSA) is 93.5 Å². The van der Waals surface area contributed by atoms with Crippen molar-refractivity contribution in [2.24, 2.45) is 5.14 Å². The highest BCUT2D eigenvalue weighted by atomic mass is 32.2. The van der Waals surface area contributed by atoms with E-state index < -0.39 is 10.0 Å². The first-order chi connectivity index (χ1) is 12.3. The summed E-state index contributed by atoms with van der Waals surface area (Å²) in [4.78, 5) is -0.0593. The van der Waals surface area contributed by atoms with E-state index in [9.17, 15) is 8.42 Å². The van der Waals surface area contributed by atoms with Gasteiger partial charge in [-0.05, 0) is 29.8 Å². The number of nitrogens with two attached hydrogens (primary N) is 1. The van der Waals surface area contributed by atoms with E-state index in [1.165, 1.54) is 0 Å². The van der Waals surface area contributed by atoms with Crippen molar-refractivity contribution in [2.45, 2.75) is 31.3 Å². The van der Waals surface area contributed by atoms with Crippen LogP contribution in [-0.2, 0) is 16.6 Å². The lowest BCUT2D eigenvalue weighted by Gasteiger charge is -2.18. The maximum absolute atomic E-state index is 12.2. The zero-order chi connectivity index (χ0) is 19.2. The summed E-state index contributed by atoms with van der Waals surface area (Å²) in [6.45, 7) is 8.68. The summed E-state index contributed by atoms with van der Waals surface area (Å²) >= 11 is 0. The Morgan fingerprint density at radius 3 is 2.50 bits per heavy atom. The second-order valence-corrected chi connectivity index (χ2v) is 7.67. The van der Waals surface area contributed by atoms with E-state index in [1.54, 1.807) is 24.3 Å². The highest BCUT2D eigenvalue weighted by molar-refractivity contribution is 7.89. The van der Waals surface area contributed by atoms with Crippen LogP contribution in [0.3, 0.4) is 0 Å². The minimum Gasteiger partial charge on any atom is -0.454 e. The van der Waals surface area contributed by atoms with Crippen LogP contribution in [0, 0.1) is 0 Å². The molecule has 140 valence electrons. The van der Waals surface area contributed by atoms with Crippen molar-refractivity contribution < 1.29 is 13.2 Å². The minimum atomic E-state index is -3.98. The third-order valence-electron chi connectivity index (χ3n) is 3.54. The number of para-hydroxylation sites is 1. The van der Waals surface area contributed by atoms with Crippen LogP contribution in [0.1, 0.15) is 19.4 Å². The normalized spacial score (nSPS) is 11.4. The van der Waals surface area contributed by atoms with Gasteiger partial charge in [0, 0.05) is 19.1 Å². The third kappa shape index (κ3) is 5.59. The third-order valence-corrected chi connectivity index (χ3v) is 4.45. The van der Waals surface area contributed by atoms with E-state index in [0.29, 0.717) is 24.5 Å². The summed E-state index contributed by atoms with van der Waals surface area (Å²) in [6, 6.07) is 12.6. The first kappa shape index (κ1) is 20.0. The summed E-state index contributed by atoms with van der Waals surface area (Å²) in [6.07, 6.45) is 1.68. The molecule has 6 nitrogen and oxygen atoms in total. The first-order valence-corrected chi connectivity index (χ1v) is 9.86. The van der Waals surface area contributed by atoms with Gasteiger partial charge in [0.15, 0.2) is 5.75 Å². The highest BCUT2D eigenvalue weighted by Crippen LogP contribution is 2.37. The Kier molecular flexibility index (Phi) is 6.79. The maximum atomic E-state index is 12.2. The molecule has 0 heterocycles. The van der Waals surface area contributed by atoms with Gasteiger partial charge in [-0.15, -0.1) is 6.58 Å². The van der Waals surface area contributed by atoms with Crippen LogP contribution in [0.15, 0.2) is 60.0 Å². The smallest absolute Gasteiger partial charge is 0.241 e. The molecule has 2 aromatic rings. The van der Waals surface area contributed by atoms with Crippen LogP contribution in [0.25, 0.3) is 0 Å². The zero-order valence-corrected chi connectivity index (χ0v) is 15.8. The summed E-state index contributed by atoms with van der Waals surface area (Å²) in [7, 11) is -3.98. The summed E-state index contributed by atoms with van der Waals surface area (Å²) in [5, 5.41) is 11.9.